The summed E-state index contributed by atoms with van der Waals surface area (Å²) < 4.78 is 5.58. The van der Waals surface area contributed by atoms with E-state index in [-0.39, 0.29) is 0 Å². The highest BCUT2D eigenvalue weighted by Gasteiger charge is 2.10. The van der Waals surface area contributed by atoms with Gasteiger partial charge in [-0.3, -0.25) is 0 Å². The summed E-state index contributed by atoms with van der Waals surface area (Å²) in [5.41, 5.74) is 2.10. The van der Waals surface area contributed by atoms with E-state index < -0.39 is 0 Å². The predicted octanol–water partition coefficient (Wildman–Crippen LogP) is 4.84. The highest BCUT2D eigenvalue weighted by Crippen LogP contribution is 2.34. The largest absolute Gasteiger partial charge is 0.436 e. The standard InChI is InChI=1S/C16H21ClN2OS/c1-10(2)8-18-9-13-5-6-15(14(17)7-13)21-16-19-11(3)12(4)20-16/h5-7,10,18H,8-9H2,1-4H3. The number of oxazole rings is 1. The van der Waals surface area contributed by atoms with Gasteiger partial charge in [0.15, 0.2) is 0 Å². The average Bonchev–Trinajstić information content (AvgIpc) is 2.71. The van der Waals surface area contributed by atoms with Crippen LogP contribution in [0.25, 0.3) is 0 Å². The molecule has 21 heavy (non-hydrogen) atoms. The topological polar surface area (TPSA) is 38.1 Å². The van der Waals surface area contributed by atoms with Gasteiger partial charge in [0.2, 0.25) is 0 Å². The first-order chi connectivity index (χ1) is 9.95. The Bertz CT molecular complexity index is 591. The molecule has 1 aromatic carbocycles. The Labute approximate surface area is 135 Å². The van der Waals surface area contributed by atoms with E-state index in [4.69, 9.17) is 16.0 Å². The third-order valence-corrected chi connectivity index (χ3v) is 4.43. The van der Waals surface area contributed by atoms with Crippen LogP contribution in [0.15, 0.2) is 32.7 Å². The van der Waals surface area contributed by atoms with Crippen LogP contribution in [0.5, 0.6) is 0 Å². The molecule has 5 heteroatoms. The lowest BCUT2D eigenvalue weighted by atomic mass is 10.2. The second-order valence-corrected chi connectivity index (χ2v) is 6.91. The summed E-state index contributed by atoms with van der Waals surface area (Å²) in [7, 11) is 0. The fourth-order valence-electron chi connectivity index (χ4n) is 1.82. The molecule has 0 aliphatic heterocycles. The summed E-state index contributed by atoms with van der Waals surface area (Å²) in [6.07, 6.45) is 0. The molecule has 0 aliphatic rings. The SMILES string of the molecule is Cc1nc(Sc2ccc(CNCC(C)C)cc2Cl)oc1C. The fourth-order valence-corrected chi connectivity index (χ4v) is 2.97. The van der Waals surface area contributed by atoms with Gasteiger partial charge >= 0.3 is 0 Å². The lowest BCUT2D eigenvalue weighted by Crippen LogP contribution is -2.18. The minimum absolute atomic E-state index is 0.637. The summed E-state index contributed by atoms with van der Waals surface area (Å²) >= 11 is 7.81. The van der Waals surface area contributed by atoms with Crippen molar-refractivity contribution in [2.24, 2.45) is 5.92 Å². The lowest BCUT2D eigenvalue weighted by Gasteiger charge is -2.09. The van der Waals surface area contributed by atoms with E-state index in [9.17, 15) is 0 Å². The van der Waals surface area contributed by atoms with Crippen molar-refractivity contribution in [3.05, 3.63) is 40.2 Å². The summed E-state index contributed by atoms with van der Waals surface area (Å²) in [6, 6.07) is 6.11. The molecule has 0 radical (unpaired) electrons. The molecule has 3 nitrogen and oxygen atoms in total. The number of aromatic nitrogens is 1. The van der Waals surface area contributed by atoms with Gasteiger partial charge in [-0.15, -0.1) is 0 Å². The predicted molar refractivity (Wildman–Crippen MR) is 88.1 cm³/mol. The van der Waals surface area contributed by atoms with Gasteiger partial charge in [-0.25, -0.2) is 4.98 Å². The number of hydrogen-bond acceptors (Lipinski definition) is 4. The number of halogens is 1. The van der Waals surface area contributed by atoms with Gasteiger partial charge < -0.3 is 9.73 Å². The molecule has 0 amide bonds. The zero-order valence-electron chi connectivity index (χ0n) is 12.9. The van der Waals surface area contributed by atoms with E-state index in [2.05, 4.69) is 30.2 Å². The van der Waals surface area contributed by atoms with Gasteiger partial charge in [0.25, 0.3) is 5.22 Å². The second kappa shape index (κ2) is 7.34. The molecule has 0 bridgehead atoms. The monoisotopic (exact) mass is 324 g/mol. The Balaban J connectivity index is 2.01. The van der Waals surface area contributed by atoms with Crippen LogP contribution in [0.4, 0.5) is 0 Å². The zero-order valence-corrected chi connectivity index (χ0v) is 14.4. The van der Waals surface area contributed by atoms with Crippen molar-refractivity contribution in [2.75, 3.05) is 6.54 Å². The first-order valence-electron chi connectivity index (χ1n) is 7.06. The molecule has 114 valence electrons. The van der Waals surface area contributed by atoms with E-state index >= 15 is 0 Å². The van der Waals surface area contributed by atoms with E-state index in [0.29, 0.717) is 11.1 Å². The lowest BCUT2D eigenvalue weighted by molar-refractivity contribution is 0.431. The van der Waals surface area contributed by atoms with Crippen molar-refractivity contribution in [3.63, 3.8) is 0 Å². The molecule has 2 aromatic rings. The number of hydrogen-bond donors (Lipinski definition) is 1. The molecule has 2 rings (SSSR count). The molecule has 1 heterocycles. The Morgan fingerprint density at radius 3 is 2.67 bits per heavy atom. The maximum absolute atomic E-state index is 6.35. The summed E-state index contributed by atoms with van der Waals surface area (Å²) in [6.45, 7) is 10.1. The van der Waals surface area contributed by atoms with Crippen molar-refractivity contribution in [3.8, 4) is 0 Å². The number of benzene rings is 1. The Morgan fingerprint density at radius 1 is 1.33 bits per heavy atom. The van der Waals surface area contributed by atoms with Gasteiger partial charge in [0.05, 0.1) is 10.7 Å². The zero-order chi connectivity index (χ0) is 15.4. The maximum Gasteiger partial charge on any atom is 0.261 e. The third-order valence-electron chi connectivity index (χ3n) is 3.08. The highest BCUT2D eigenvalue weighted by molar-refractivity contribution is 7.99. The molecule has 1 N–H and O–H groups in total. The molecular formula is C16H21ClN2OS. The minimum Gasteiger partial charge on any atom is -0.436 e. The number of aryl methyl sites for hydroxylation is 2. The van der Waals surface area contributed by atoms with Crippen LogP contribution in [-0.2, 0) is 6.54 Å². The minimum atomic E-state index is 0.637. The molecule has 0 saturated heterocycles. The number of rotatable bonds is 6. The number of nitrogens with one attached hydrogen (secondary N) is 1. The van der Waals surface area contributed by atoms with Gasteiger partial charge in [-0.2, -0.15) is 0 Å². The average molecular weight is 325 g/mol. The highest BCUT2D eigenvalue weighted by atomic mass is 35.5. The Morgan fingerprint density at radius 2 is 2.10 bits per heavy atom. The Hall–Kier alpha value is -0.970. The van der Waals surface area contributed by atoms with E-state index in [1.165, 1.54) is 17.3 Å². The van der Waals surface area contributed by atoms with Crippen molar-refractivity contribution >= 4 is 23.4 Å². The van der Waals surface area contributed by atoms with Crippen LogP contribution >= 0.6 is 23.4 Å². The van der Waals surface area contributed by atoms with Crippen LogP contribution in [0.2, 0.25) is 5.02 Å². The van der Waals surface area contributed by atoms with Gasteiger partial charge in [0, 0.05) is 11.4 Å². The summed E-state index contributed by atoms with van der Waals surface area (Å²) in [5.74, 6) is 1.50. The van der Waals surface area contributed by atoms with E-state index in [1.54, 1.807) is 0 Å². The van der Waals surface area contributed by atoms with Crippen molar-refractivity contribution < 1.29 is 4.42 Å². The van der Waals surface area contributed by atoms with Gasteiger partial charge in [-0.1, -0.05) is 31.5 Å². The van der Waals surface area contributed by atoms with E-state index in [1.807, 2.05) is 26.0 Å². The van der Waals surface area contributed by atoms with Crippen molar-refractivity contribution in [2.45, 2.75) is 44.4 Å². The molecule has 0 unspecified atom stereocenters. The maximum atomic E-state index is 6.35. The van der Waals surface area contributed by atoms with Crippen LogP contribution < -0.4 is 5.32 Å². The van der Waals surface area contributed by atoms with Crippen LogP contribution in [-0.4, -0.2) is 11.5 Å². The Kier molecular flexibility index (Phi) is 5.73. The van der Waals surface area contributed by atoms with Gasteiger partial charge in [0.1, 0.15) is 5.76 Å². The normalized spacial score (nSPS) is 11.3. The second-order valence-electron chi connectivity index (χ2n) is 5.51. The van der Waals surface area contributed by atoms with Crippen molar-refractivity contribution in [1.82, 2.24) is 10.3 Å². The molecule has 0 aliphatic carbocycles. The van der Waals surface area contributed by atoms with Crippen LogP contribution in [0.3, 0.4) is 0 Å². The summed E-state index contributed by atoms with van der Waals surface area (Å²) in [5, 5.41) is 4.78. The quantitative estimate of drug-likeness (QED) is 0.825. The first kappa shape index (κ1) is 16.4. The fraction of sp³-hybridized carbons (Fsp3) is 0.438. The molecule has 0 saturated carbocycles. The molecule has 0 spiro atoms. The molecule has 0 fully saturated rings. The van der Waals surface area contributed by atoms with Gasteiger partial charge in [-0.05, 0) is 55.8 Å². The third kappa shape index (κ3) is 4.77. The number of nitrogens with zero attached hydrogens (tertiary/aromatic N) is 1. The molecule has 0 atom stereocenters. The van der Waals surface area contributed by atoms with E-state index in [0.717, 1.165) is 34.5 Å². The first-order valence-corrected chi connectivity index (χ1v) is 8.26. The van der Waals surface area contributed by atoms with Crippen LogP contribution in [0.1, 0.15) is 30.9 Å². The van der Waals surface area contributed by atoms with Crippen LogP contribution in [0, 0.1) is 19.8 Å². The van der Waals surface area contributed by atoms with Crippen molar-refractivity contribution in [1.29, 1.82) is 0 Å². The molecular weight excluding hydrogens is 304 g/mol. The summed E-state index contributed by atoms with van der Waals surface area (Å²) in [4.78, 5) is 5.33. The molecule has 1 aromatic heterocycles. The smallest absolute Gasteiger partial charge is 0.261 e.